The number of H-pyrrole nitrogens is 1. The SMILES string of the molecule is CCNC(=O)Nc1nc2c(F)cc(-c3ccccc3)cc2[nH]1. The van der Waals surface area contributed by atoms with Gasteiger partial charge in [0, 0.05) is 6.54 Å². The molecular formula is C16H15FN4O. The third-order valence-electron chi connectivity index (χ3n) is 3.22. The third-order valence-corrected chi connectivity index (χ3v) is 3.22. The first-order valence-electron chi connectivity index (χ1n) is 6.97. The van der Waals surface area contributed by atoms with Crippen LogP contribution in [0.1, 0.15) is 6.92 Å². The van der Waals surface area contributed by atoms with Gasteiger partial charge in [-0.1, -0.05) is 30.3 Å². The van der Waals surface area contributed by atoms with E-state index in [-0.39, 0.29) is 17.5 Å². The average Bonchev–Trinajstić information content (AvgIpc) is 2.91. The van der Waals surface area contributed by atoms with E-state index < -0.39 is 5.82 Å². The molecule has 0 unspecified atom stereocenters. The molecule has 0 saturated carbocycles. The highest BCUT2D eigenvalue weighted by atomic mass is 19.1. The number of benzene rings is 2. The summed E-state index contributed by atoms with van der Waals surface area (Å²) < 4.78 is 14.2. The monoisotopic (exact) mass is 298 g/mol. The van der Waals surface area contributed by atoms with E-state index >= 15 is 0 Å². The maximum absolute atomic E-state index is 14.2. The fraction of sp³-hybridized carbons (Fsp3) is 0.125. The lowest BCUT2D eigenvalue weighted by Gasteiger charge is -2.02. The summed E-state index contributed by atoms with van der Waals surface area (Å²) in [5.41, 5.74) is 2.40. The van der Waals surface area contributed by atoms with Gasteiger partial charge in [-0.05, 0) is 30.2 Å². The highest BCUT2D eigenvalue weighted by Gasteiger charge is 2.12. The summed E-state index contributed by atoms with van der Waals surface area (Å²) >= 11 is 0. The molecule has 0 aliphatic rings. The smallest absolute Gasteiger partial charge is 0.321 e. The Bertz CT molecular complexity index is 814. The number of anilines is 1. The second-order valence-electron chi connectivity index (χ2n) is 4.79. The largest absolute Gasteiger partial charge is 0.338 e. The Morgan fingerprint density at radius 2 is 2.00 bits per heavy atom. The van der Waals surface area contributed by atoms with Gasteiger partial charge >= 0.3 is 6.03 Å². The van der Waals surface area contributed by atoms with E-state index in [4.69, 9.17) is 0 Å². The van der Waals surface area contributed by atoms with Crippen LogP contribution in [-0.2, 0) is 0 Å². The van der Waals surface area contributed by atoms with Crippen molar-refractivity contribution in [1.29, 1.82) is 0 Å². The van der Waals surface area contributed by atoms with Crippen LogP contribution >= 0.6 is 0 Å². The zero-order valence-electron chi connectivity index (χ0n) is 12.0. The first kappa shape index (κ1) is 14.1. The van der Waals surface area contributed by atoms with Crippen molar-refractivity contribution in [1.82, 2.24) is 15.3 Å². The van der Waals surface area contributed by atoms with Crippen molar-refractivity contribution >= 4 is 23.0 Å². The van der Waals surface area contributed by atoms with Gasteiger partial charge in [-0.25, -0.2) is 14.2 Å². The minimum atomic E-state index is -0.434. The fourth-order valence-electron chi connectivity index (χ4n) is 2.24. The maximum Gasteiger partial charge on any atom is 0.321 e. The van der Waals surface area contributed by atoms with E-state index in [0.717, 1.165) is 11.1 Å². The molecule has 0 fully saturated rings. The van der Waals surface area contributed by atoms with E-state index in [2.05, 4.69) is 20.6 Å². The summed E-state index contributed by atoms with van der Waals surface area (Å²) in [6.07, 6.45) is 0. The minimum absolute atomic E-state index is 0.200. The van der Waals surface area contributed by atoms with Gasteiger partial charge < -0.3 is 10.3 Å². The number of carbonyl (C=O) groups excluding carboxylic acids is 1. The average molecular weight is 298 g/mol. The van der Waals surface area contributed by atoms with E-state index in [1.165, 1.54) is 6.07 Å². The molecule has 0 aliphatic heterocycles. The Balaban J connectivity index is 1.98. The van der Waals surface area contributed by atoms with Crippen LogP contribution < -0.4 is 10.6 Å². The number of hydrogen-bond donors (Lipinski definition) is 3. The highest BCUT2D eigenvalue weighted by molar-refractivity contribution is 5.91. The summed E-state index contributed by atoms with van der Waals surface area (Å²) in [6, 6.07) is 12.4. The molecule has 0 aliphatic carbocycles. The van der Waals surface area contributed by atoms with Crippen molar-refractivity contribution in [2.24, 2.45) is 0 Å². The molecule has 1 heterocycles. The van der Waals surface area contributed by atoms with Gasteiger partial charge in [0.25, 0.3) is 0 Å². The van der Waals surface area contributed by atoms with Crippen molar-refractivity contribution in [3.63, 3.8) is 0 Å². The Morgan fingerprint density at radius 3 is 2.73 bits per heavy atom. The van der Waals surface area contributed by atoms with Crippen LogP contribution in [0.25, 0.3) is 22.2 Å². The standard InChI is InChI=1S/C16H15FN4O/c1-2-18-16(22)21-15-19-13-9-11(8-12(17)14(13)20-15)10-6-4-3-5-7-10/h3-9H,2H2,1H3,(H3,18,19,20,21,22). The molecule has 0 spiro atoms. The van der Waals surface area contributed by atoms with E-state index in [1.54, 1.807) is 0 Å². The molecule has 3 N–H and O–H groups in total. The van der Waals surface area contributed by atoms with Crippen LogP contribution in [0.2, 0.25) is 0 Å². The van der Waals surface area contributed by atoms with Gasteiger partial charge in [-0.3, -0.25) is 5.32 Å². The molecule has 0 bridgehead atoms. The Kier molecular flexibility index (Phi) is 3.74. The van der Waals surface area contributed by atoms with Crippen LogP contribution in [0.15, 0.2) is 42.5 Å². The Morgan fingerprint density at radius 1 is 1.23 bits per heavy atom. The molecule has 6 heteroatoms. The number of rotatable bonds is 3. The van der Waals surface area contributed by atoms with Gasteiger partial charge in [-0.15, -0.1) is 0 Å². The van der Waals surface area contributed by atoms with Crippen LogP contribution in [0, 0.1) is 5.82 Å². The lowest BCUT2D eigenvalue weighted by molar-refractivity contribution is 0.252. The second kappa shape index (κ2) is 5.85. The second-order valence-corrected chi connectivity index (χ2v) is 4.79. The van der Waals surface area contributed by atoms with Crippen molar-refractivity contribution in [3.8, 4) is 11.1 Å². The number of nitrogens with one attached hydrogen (secondary N) is 3. The van der Waals surface area contributed by atoms with E-state index in [0.29, 0.717) is 12.1 Å². The Labute approximate surface area is 126 Å². The van der Waals surface area contributed by atoms with Crippen LogP contribution in [-0.4, -0.2) is 22.5 Å². The molecule has 5 nitrogen and oxygen atoms in total. The van der Waals surface area contributed by atoms with E-state index in [9.17, 15) is 9.18 Å². The number of aromatic nitrogens is 2. The van der Waals surface area contributed by atoms with Crippen molar-refractivity contribution < 1.29 is 9.18 Å². The van der Waals surface area contributed by atoms with E-state index in [1.807, 2.05) is 43.3 Å². The summed E-state index contributed by atoms with van der Waals surface area (Å²) in [5.74, 6) is -0.221. The summed E-state index contributed by atoms with van der Waals surface area (Å²) in [7, 11) is 0. The minimum Gasteiger partial charge on any atom is -0.338 e. The number of fused-ring (bicyclic) bond motifs is 1. The molecular weight excluding hydrogens is 283 g/mol. The van der Waals surface area contributed by atoms with Gasteiger partial charge in [-0.2, -0.15) is 0 Å². The van der Waals surface area contributed by atoms with Crippen molar-refractivity contribution in [2.45, 2.75) is 6.92 Å². The van der Waals surface area contributed by atoms with Gasteiger partial charge in [0.05, 0.1) is 5.52 Å². The van der Waals surface area contributed by atoms with Gasteiger partial charge in [0.1, 0.15) is 5.52 Å². The number of imidazole rings is 1. The van der Waals surface area contributed by atoms with Crippen molar-refractivity contribution in [2.75, 3.05) is 11.9 Å². The number of carbonyl (C=O) groups is 1. The van der Waals surface area contributed by atoms with Gasteiger partial charge in [0.15, 0.2) is 5.82 Å². The number of nitrogens with zero attached hydrogens (tertiary/aromatic N) is 1. The molecule has 1 aromatic heterocycles. The normalized spacial score (nSPS) is 10.6. The molecule has 112 valence electrons. The summed E-state index contributed by atoms with van der Waals surface area (Å²) in [6.45, 7) is 2.31. The lowest BCUT2D eigenvalue weighted by Crippen LogP contribution is -2.28. The molecule has 22 heavy (non-hydrogen) atoms. The zero-order chi connectivity index (χ0) is 15.5. The van der Waals surface area contributed by atoms with Crippen molar-refractivity contribution in [3.05, 3.63) is 48.3 Å². The molecule has 0 radical (unpaired) electrons. The van der Waals surface area contributed by atoms with Crippen LogP contribution in [0.4, 0.5) is 15.1 Å². The topological polar surface area (TPSA) is 69.8 Å². The predicted molar refractivity (Wildman–Crippen MR) is 84.2 cm³/mol. The number of hydrogen-bond acceptors (Lipinski definition) is 2. The van der Waals surface area contributed by atoms with Crippen LogP contribution in [0.5, 0.6) is 0 Å². The molecule has 3 aromatic rings. The molecule has 0 atom stereocenters. The Hall–Kier alpha value is -2.89. The molecule has 2 amide bonds. The maximum atomic E-state index is 14.2. The first-order valence-corrected chi connectivity index (χ1v) is 6.97. The fourth-order valence-corrected chi connectivity index (χ4v) is 2.24. The van der Waals surface area contributed by atoms with Gasteiger partial charge in [0.2, 0.25) is 5.95 Å². The third kappa shape index (κ3) is 2.76. The quantitative estimate of drug-likeness (QED) is 0.692. The predicted octanol–water partition coefficient (Wildman–Crippen LogP) is 3.51. The summed E-state index contributed by atoms with van der Waals surface area (Å²) in [4.78, 5) is 18.5. The first-order chi connectivity index (χ1) is 10.7. The molecule has 2 aromatic carbocycles. The highest BCUT2D eigenvalue weighted by Crippen LogP contribution is 2.26. The molecule has 3 rings (SSSR count). The summed E-state index contributed by atoms with van der Waals surface area (Å²) in [5, 5.41) is 5.12. The number of halogens is 1. The molecule has 0 saturated heterocycles. The number of amides is 2. The number of aromatic amines is 1. The van der Waals surface area contributed by atoms with Crippen LogP contribution in [0.3, 0.4) is 0 Å². The lowest BCUT2D eigenvalue weighted by atomic mass is 10.1. The zero-order valence-corrected chi connectivity index (χ0v) is 12.0. The number of urea groups is 1.